The van der Waals surface area contributed by atoms with Gasteiger partial charge < -0.3 is 10.3 Å². The second kappa shape index (κ2) is 6.48. The van der Waals surface area contributed by atoms with Crippen molar-refractivity contribution in [1.29, 1.82) is 0 Å². The van der Waals surface area contributed by atoms with E-state index in [1.165, 1.54) is 6.07 Å². The van der Waals surface area contributed by atoms with Gasteiger partial charge in [0.05, 0.1) is 0 Å². The Labute approximate surface area is 149 Å². The number of hydrogen-bond acceptors (Lipinski definition) is 1. The summed E-state index contributed by atoms with van der Waals surface area (Å²) in [5.74, 6) is -2.48. The molecule has 1 amide bonds. The molecule has 0 saturated heterocycles. The van der Waals surface area contributed by atoms with Crippen LogP contribution >= 0.6 is 11.6 Å². The second-order valence-electron chi connectivity index (χ2n) is 6.59. The number of benzene rings is 2. The zero-order valence-corrected chi connectivity index (χ0v) is 14.5. The molecule has 6 heteroatoms. The number of rotatable bonds is 4. The van der Waals surface area contributed by atoms with E-state index in [2.05, 4.69) is 10.3 Å². The molecule has 0 aliphatic rings. The summed E-state index contributed by atoms with van der Waals surface area (Å²) in [5.41, 5.74) is 1.66. The predicted molar refractivity (Wildman–Crippen MR) is 95.0 cm³/mol. The maximum absolute atomic E-state index is 13.3. The number of halogens is 3. The van der Waals surface area contributed by atoms with Gasteiger partial charge in [-0.05, 0) is 42.0 Å². The fourth-order valence-corrected chi connectivity index (χ4v) is 2.96. The van der Waals surface area contributed by atoms with E-state index in [0.29, 0.717) is 11.6 Å². The van der Waals surface area contributed by atoms with Crippen molar-refractivity contribution in [2.24, 2.45) is 0 Å². The number of H-pyrrole nitrogens is 1. The minimum absolute atomic E-state index is 0.0803. The van der Waals surface area contributed by atoms with Gasteiger partial charge in [-0.2, -0.15) is 0 Å². The van der Waals surface area contributed by atoms with Gasteiger partial charge in [-0.1, -0.05) is 25.4 Å². The van der Waals surface area contributed by atoms with Gasteiger partial charge in [0.1, 0.15) is 0 Å². The molecule has 1 heterocycles. The molecule has 0 spiro atoms. The van der Waals surface area contributed by atoms with Gasteiger partial charge in [0.25, 0.3) is 5.91 Å². The number of hydrogen-bond donors (Lipinski definition) is 2. The Morgan fingerprint density at radius 3 is 2.64 bits per heavy atom. The second-order valence-corrected chi connectivity index (χ2v) is 7.02. The Balaban J connectivity index is 1.79. The molecule has 3 rings (SSSR count). The molecule has 130 valence electrons. The van der Waals surface area contributed by atoms with Crippen LogP contribution in [-0.4, -0.2) is 17.4 Å². The van der Waals surface area contributed by atoms with Crippen molar-refractivity contribution in [1.82, 2.24) is 10.3 Å². The van der Waals surface area contributed by atoms with Crippen molar-refractivity contribution < 1.29 is 13.6 Å². The molecule has 25 heavy (non-hydrogen) atoms. The zero-order chi connectivity index (χ0) is 18.2. The number of fused-ring (bicyclic) bond motifs is 1. The summed E-state index contributed by atoms with van der Waals surface area (Å²) < 4.78 is 26.3. The minimum atomic E-state index is -1.04. The lowest BCUT2D eigenvalue weighted by molar-refractivity contribution is 0.0945. The van der Waals surface area contributed by atoms with Crippen LogP contribution in [0.3, 0.4) is 0 Å². The highest BCUT2D eigenvalue weighted by Crippen LogP contribution is 2.31. The Bertz CT molecular complexity index is 950. The summed E-state index contributed by atoms with van der Waals surface area (Å²) in [6, 6.07) is 8.67. The van der Waals surface area contributed by atoms with E-state index in [9.17, 15) is 13.6 Å². The highest BCUT2D eigenvalue weighted by atomic mass is 35.5. The summed E-state index contributed by atoms with van der Waals surface area (Å²) in [4.78, 5) is 15.4. The van der Waals surface area contributed by atoms with Crippen LogP contribution in [-0.2, 0) is 5.41 Å². The third-order valence-corrected chi connectivity index (χ3v) is 4.48. The summed E-state index contributed by atoms with van der Waals surface area (Å²) in [5, 5.41) is 4.40. The number of carbonyl (C=O) groups is 1. The Kier molecular flexibility index (Phi) is 4.52. The van der Waals surface area contributed by atoms with Gasteiger partial charge in [0, 0.05) is 39.6 Å². The standard InChI is InChI=1S/C19H17ClF2N2O/c1-19(2,14-9-23-17-6-4-12(20)8-13(14)17)10-24-18(25)11-3-5-15(21)16(22)7-11/h3-9,23H,10H2,1-2H3,(H,24,25). The summed E-state index contributed by atoms with van der Waals surface area (Å²) in [7, 11) is 0. The van der Waals surface area contributed by atoms with E-state index < -0.39 is 23.0 Å². The van der Waals surface area contributed by atoms with E-state index in [1.807, 2.05) is 38.2 Å². The smallest absolute Gasteiger partial charge is 0.251 e. The first kappa shape index (κ1) is 17.4. The van der Waals surface area contributed by atoms with Crippen molar-refractivity contribution in [3.63, 3.8) is 0 Å². The van der Waals surface area contributed by atoms with Crippen LogP contribution in [0.4, 0.5) is 8.78 Å². The van der Waals surface area contributed by atoms with E-state index in [1.54, 1.807) is 0 Å². The van der Waals surface area contributed by atoms with Crippen molar-refractivity contribution >= 4 is 28.4 Å². The van der Waals surface area contributed by atoms with Crippen LogP contribution in [0.25, 0.3) is 10.9 Å². The molecule has 0 aliphatic heterocycles. The maximum atomic E-state index is 13.3. The fraction of sp³-hybridized carbons (Fsp3) is 0.211. The Hall–Kier alpha value is -2.40. The van der Waals surface area contributed by atoms with Crippen molar-refractivity contribution in [3.05, 3.63) is 70.4 Å². The molecule has 0 aliphatic carbocycles. The molecule has 0 radical (unpaired) electrons. The van der Waals surface area contributed by atoms with Gasteiger partial charge in [0.2, 0.25) is 0 Å². The summed E-state index contributed by atoms with van der Waals surface area (Å²) in [6.07, 6.45) is 1.89. The lowest BCUT2D eigenvalue weighted by Gasteiger charge is -2.25. The lowest BCUT2D eigenvalue weighted by atomic mass is 9.84. The molecule has 1 aromatic heterocycles. The molecule has 2 aromatic carbocycles. The van der Waals surface area contributed by atoms with Crippen LogP contribution in [0.5, 0.6) is 0 Å². The maximum Gasteiger partial charge on any atom is 0.251 e. The van der Waals surface area contributed by atoms with Crippen molar-refractivity contribution in [2.45, 2.75) is 19.3 Å². The molecule has 0 saturated carbocycles. The number of amides is 1. The molecule has 0 fully saturated rings. The first-order valence-electron chi connectivity index (χ1n) is 7.78. The predicted octanol–water partition coefficient (Wildman–Crippen LogP) is 4.81. The molecule has 0 unspecified atom stereocenters. The van der Waals surface area contributed by atoms with E-state index in [4.69, 9.17) is 11.6 Å². The molecule has 3 nitrogen and oxygen atoms in total. The fourth-order valence-electron chi connectivity index (χ4n) is 2.79. The SMILES string of the molecule is CC(C)(CNC(=O)c1ccc(F)c(F)c1)c1c[nH]c2ccc(Cl)cc12. The van der Waals surface area contributed by atoms with Crippen molar-refractivity contribution in [3.8, 4) is 0 Å². The Morgan fingerprint density at radius 2 is 1.92 bits per heavy atom. The molecule has 0 atom stereocenters. The lowest BCUT2D eigenvalue weighted by Crippen LogP contribution is -2.36. The summed E-state index contributed by atoms with van der Waals surface area (Å²) in [6.45, 7) is 4.30. The van der Waals surface area contributed by atoms with Gasteiger partial charge in [0.15, 0.2) is 11.6 Å². The molecule has 0 bridgehead atoms. The number of carbonyl (C=O) groups excluding carboxylic acids is 1. The molecular weight excluding hydrogens is 346 g/mol. The number of nitrogens with one attached hydrogen (secondary N) is 2. The average Bonchev–Trinajstić information content (AvgIpc) is 2.99. The number of aromatic amines is 1. The first-order chi connectivity index (χ1) is 11.8. The highest BCUT2D eigenvalue weighted by Gasteiger charge is 2.25. The summed E-state index contributed by atoms with van der Waals surface area (Å²) >= 11 is 6.08. The van der Waals surface area contributed by atoms with E-state index in [0.717, 1.165) is 28.6 Å². The van der Waals surface area contributed by atoms with Crippen LogP contribution in [0.2, 0.25) is 5.02 Å². The van der Waals surface area contributed by atoms with Gasteiger partial charge in [-0.25, -0.2) is 8.78 Å². The third kappa shape index (κ3) is 3.51. The van der Waals surface area contributed by atoms with Crippen LogP contribution in [0, 0.1) is 11.6 Å². The quantitative estimate of drug-likeness (QED) is 0.687. The minimum Gasteiger partial charge on any atom is -0.361 e. The topological polar surface area (TPSA) is 44.9 Å². The highest BCUT2D eigenvalue weighted by molar-refractivity contribution is 6.31. The normalized spacial score (nSPS) is 11.7. The largest absolute Gasteiger partial charge is 0.361 e. The monoisotopic (exact) mass is 362 g/mol. The van der Waals surface area contributed by atoms with Gasteiger partial charge in [-0.15, -0.1) is 0 Å². The molecule has 3 aromatic rings. The third-order valence-electron chi connectivity index (χ3n) is 4.25. The first-order valence-corrected chi connectivity index (χ1v) is 8.16. The molecule has 2 N–H and O–H groups in total. The Morgan fingerprint density at radius 1 is 1.16 bits per heavy atom. The van der Waals surface area contributed by atoms with Gasteiger partial charge >= 0.3 is 0 Å². The zero-order valence-electron chi connectivity index (χ0n) is 13.8. The van der Waals surface area contributed by atoms with Crippen LogP contribution < -0.4 is 5.32 Å². The van der Waals surface area contributed by atoms with Gasteiger partial charge in [-0.3, -0.25) is 4.79 Å². The van der Waals surface area contributed by atoms with Crippen molar-refractivity contribution in [2.75, 3.05) is 6.54 Å². The molecular formula is C19H17ClF2N2O. The average molecular weight is 363 g/mol. The number of aromatic nitrogens is 1. The van der Waals surface area contributed by atoms with Crippen LogP contribution in [0.1, 0.15) is 29.8 Å². The van der Waals surface area contributed by atoms with E-state index in [-0.39, 0.29) is 5.56 Å². The van der Waals surface area contributed by atoms with Crippen LogP contribution in [0.15, 0.2) is 42.6 Å². The van der Waals surface area contributed by atoms with E-state index >= 15 is 0 Å².